The molecule has 0 bridgehead atoms. The van der Waals surface area contributed by atoms with Crippen molar-refractivity contribution in [3.05, 3.63) is 60.2 Å². The van der Waals surface area contributed by atoms with Crippen molar-refractivity contribution in [2.45, 2.75) is 32.7 Å². The van der Waals surface area contributed by atoms with Gasteiger partial charge in [0.25, 0.3) is 5.91 Å². The van der Waals surface area contributed by atoms with Crippen LogP contribution in [0, 0.1) is 0 Å². The van der Waals surface area contributed by atoms with Crippen LogP contribution in [-0.4, -0.2) is 59.9 Å². The first-order valence-electron chi connectivity index (χ1n) is 10.3. The maximum Gasteiger partial charge on any atom is 0.253 e. The SMILES string of the molecule is CC(C)(C)NC(=O)CN1CCCN(C(=O)c2ccc(-c3ccccc3)cc2)CC1. The zero-order valence-electron chi connectivity index (χ0n) is 17.6. The van der Waals surface area contributed by atoms with E-state index in [9.17, 15) is 9.59 Å². The quantitative estimate of drug-likeness (QED) is 0.866. The summed E-state index contributed by atoms with van der Waals surface area (Å²) in [5, 5.41) is 3.00. The molecule has 0 aliphatic carbocycles. The molecule has 0 spiro atoms. The van der Waals surface area contributed by atoms with Gasteiger partial charge in [-0.15, -0.1) is 0 Å². The molecule has 5 nitrogen and oxygen atoms in total. The molecule has 0 aromatic heterocycles. The molecule has 0 unspecified atom stereocenters. The first-order chi connectivity index (χ1) is 13.8. The van der Waals surface area contributed by atoms with E-state index < -0.39 is 0 Å². The van der Waals surface area contributed by atoms with E-state index in [-0.39, 0.29) is 17.4 Å². The average molecular weight is 394 g/mol. The summed E-state index contributed by atoms with van der Waals surface area (Å²) in [4.78, 5) is 29.2. The van der Waals surface area contributed by atoms with Gasteiger partial charge in [-0.05, 0) is 50.5 Å². The molecule has 0 atom stereocenters. The normalized spacial score (nSPS) is 15.6. The summed E-state index contributed by atoms with van der Waals surface area (Å²) in [6, 6.07) is 18.0. The van der Waals surface area contributed by atoms with Crippen LogP contribution in [0.2, 0.25) is 0 Å². The van der Waals surface area contributed by atoms with E-state index in [0.29, 0.717) is 25.2 Å². The third kappa shape index (κ3) is 6.16. The monoisotopic (exact) mass is 393 g/mol. The minimum Gasteiger partial charge on any atom is -0.350 e. The number of carbonyl (C=O) groups is 2. The van der Waals surface area contributed by atoms with Gasteiger partial charge in [-0.3, -0.25) is 14.5 Å². The Balaban J connectivity index is 1.57. The predicted molar refractivity (Wildman–Crippen MR) is 117 cm³/mol. The van der Waals surface area contributed by atoms with E-state index in [1.807, 2.05) is 68.1 Å². The van der Waals surface area contributed by atoms with Gasteiger partial charge in [-0.25, -0.2) is 0 Å². The Morgan fingerprint density at radius 2 is 1.52 bits per heavy atom. The molecular weight excluding hydrogens is 362 g/mol. The van der Waals surface area contributed by atoms with E-state index >= 15 is 0 Å². The van der Waals surface area contributed by atoms with Crippen molar-refractivity contribution in [2.75, 3.05) is 32.7 Å². The summed E-state index contributed by atoms with van der Waals surface area (Å²) in [5.74, 6) is 0.0967. The van der Waals surface area contributed by atoms with Gasteiger partial charge in [0.15, 0.2) is 0 Å². The van der Waals surface area contributed by atoms with E-state index in [1.165, 1.54) is 0 Å². The summed E-state index contributed by atoms with van der Waals surface area (Å²) in [6.07, 6.45) is 0.872. The van der Waals surface area contributed by atoms with E-state index in [0.717, 1.165) is 30.6 Å². The number of hydrogen-bond donors (Lipinski definition) is 1. The first kappa shape index (κ1) is 21.1. The van der Waals surface area contributed by atoms with Gasteiger partial charge in [0.1, 0.15) is 0 Å². The van der Waals surface area contributed by atoms with Crippen LogP contribution in [0.4, 0.5) is 0 Å². The van der Waals surface area contributed by atoms with Gasteiger partial charge in [-0.1, -0.05) is 42.5 Å². The zero-order valence-corrected chi connectivity index (χ0v) is 17.6. The maximum absolute atomic E-state index is 12.9. The molecule has 1 aliphatic heterocycles. The summed E-state index contributed by atoms with van der Waals surface area (Å²) in [7, 11) is 0. The lowest BCUT2D eigenvalue weighted by Crippen LogP contribution is -2.46. The minimum atomic E-state index is -0.225. The zero-order chi connectivity index (χ0) is 20.9. The molecule has 1 heterocycles. The molecule has 0 saturated carbocycles. The molecule has 1 N–H and O–H groups in total. The van der Waals surface area contributed by atoms with Gasteiger partial charge in [0.05, 0.1) is 6.54 Å². The number of nitrogens with zero attached hydrogens (tertiary/aromatic N) is 2. The number of benzene rings is 2. The Morgan fingerprint density at radius 3 is 2.17 bits per heavy atom. The Labute approximate surface area is 173 Å². The lowest BCUT2D eigenvalue weighted by Gasteiger charge is -2.25. The Bertz CT molecular complexity index is 825. The third-order valence-electron chi connectivity index (χ3n) is 5.00. The maximum atomic E-state index is 12.9. The van der Waals surface area contributed by atoms with Crippen molar-refractivity contribution < 1.29 is 9.59 Å². The largest absolute Gasteiger partial charge is 0.350 e. The highest BCUT2D eigenvalue weighted by molar-refractivity contribution is 5.94. The number of carbonyl (C=O) groups excluding carboxylic acids is 2. The molecule has 3 rings (SSSR count). The number of hydrogen-bond acceptors (Lipinski definition) is 3. The van der Waals surface area contributed by atoms with Crippen molar-refractivity contribution >= 4 is 11.8 Å². The first-order valence-corrected chi connectivity index (χ1v) is 10.3. The molecule has 1 saturated heterocycles. The second-order valence-corrected chi connectivity index (χ2v) is 8.66. The van der Waals surface area contributed by atoms with Crippen LogP contribution >= 0.6 is 0 Å². The Hall–Kier alpha value is -2.66. The second kappa shape index (κ2) is 9.23. The van der Waals surface area contributed by atoms with Gasteiger partial charge >= 0.3 is 0 Å². The van der Waals surface area contributed by atoms with Crippen molar-refractivity contribution in [3.63, 3.8) is 0 Å². The van der Waals surface area contributed by atoms with Gasteiger partial charge in [0.2, 0.25) is 5.91 Å². The minimum absolute atomic E-state index is 0.0359. The highest BCUT2D eigenvalue weighted by Crippen LogP contribution is 2.20. The summed E-state index contributed by atoms with van der Waals surface area (Å²) in [5.41, 5.74) is 2.74. The van der Waals surface area contributed by atoms with Crippen LogP contribution in [0.25, 0.3) is 11.1 Å². The van der Waals surface area contributed by atoms with Crippen molar-refractivity contribution in [1.29, 1.82) is 0 Å². The van der Waals surface area contributed by atoms with Gasteiger partial charge < -0.3 is 10.2 Å². The van der Waals surface area contributed by atoms with Crippen LogP contribution in [0.5, 0.6) is 0 Å². The molecule has 2 amide bonds. The number of nitrogens with one attached hydrogen (secondary N) is 1. The molecule has 1 fully saturated rings. The second-order valence-electron chi connectivity index (χ2n) is 8.66. The molecule has 0 radical (unpaired) electrons. The van der Waals surface area contributed by atoms with E-state index in [4.69, 9.17) is 0 Å². The standard InChI is InChI=1S/C24H31N3O2/c1-24(2,3)25-22(28)18-26-14-7-15-27(17-16-26)23(29)21-12-10-20(11-13-21)19-8-5-4-6-9-19/h4-6,8-13H,7,14-18H2,1-3H3,(H,25,28). The summed E-state index contributed by atoms with van der Waals surface area (Å²) < 4.78 is 0. The molecule has 29 heavy (non-hydrogen) atoms. The highest BCUT2D eigenvalue weighted by Gasteiger charge is 2.22. The van der Waals surface area contributed by atoms with Crippen molar-refractivity contribution in [2.24, 2.45) is 0 Å². The molecule has 5 heteroatoms. The van der Waals surface area contributed by atoms with Crippen LogP contribution in [-0.2, 0) is 4.79 Å². The van der Waals surface area contributed by atoms with E-state index in [1.54, 1.807) is 0 Å². The lowest BCUT2D eigenvalue weighted by atomic mass is 10.0. The number of rotatable bonds is 4. The Kier molecular flexibility index (Phi) is 6.70. The Morgan fingerprint density at radius 1 is 0.862 bits per heavy atom. The fraction of sp³-hybridized carbons (Fsp3) is 0.417. The lowest BCUT2D eigenvalue weighted by molar-refractivity contribution is -0.123. The number of amides is 2. The highest BCUT2D eigenvalue weighted by atomic mass is 16.2. The third-order valence-corrected chi connectivity index (χ3v) is 5.00. The van der Waals surface area contributed by atoms with Gasteiger partial charge in [-0.2, -0.15) is 0 Å². The predicted octanol–water partition coefficient (Wildman–Crippen LogP) is 3.42. The average Bonchev–Trinajstić information content (AvgIpc) is 2.92. The van der Waals surface area contributed by atoms with Crippen LogP contribution < -0.4 is 5.32 Å². The fourth-order valence-electron chi connectivity index (χ4n) is 3.61. The van der Waals surface area contributed by atoms with Crippen LogP contribution in [0.15, 0.2) is 54.6 Å². The molecule has 2 aromatic rings. The van der Waals surface area contributed by atoms with Crippen LogP contribution in [0.3, 0.4) is 0 Å². The molecular formula is C24H31N3O2. The summed E-state index contributed by atoms with van der Waals surface area (Å²) in [6.45, 7) is 9.23. The summed E-state index contributed by atoms with van der Waals surface area (Å²) >= 11 is 0. The van der Waals surface area contributed by atoms with Crippen molar-refractivity contribution in [3.8, 4) is 11.1 Å². The van der Waals surface area contributed by atoms with E-state index in [2.05, 4.69) is 22.3 Å². The van der Waals surface area contributed by atoms with Crippen LogP contribution in [0.1, 0.15) is 37.6 Å². The smallest absolute Gasteiger partial charge is 0.253 e. The topological polar surface area (TPSA) is 52.7 Å². The van der Waals surface area contributed by atoms with Crippen molar-refractivity contribution in [1.82, 2.24) is 15.1 Å². The molecule has 1 aliphatic rings. The fourth-order valence-corrected chi connectivity index (χ4v) is 3.61. The van der Waals surface area contributed by atoms with Gasteiger partial charge in [0, 0.05) is 37.3 Å². The molecule has 2 aromatic carbocycles. The molecule has 154 valence electrons.